The molecule has 4 nitrogen and oxygen atoms in total. The molecule has 0 saturated carbocycles. The first-order chi connectivity index (χ1) is 8.49. The van der Waals surface area contributed by atoms with Gasteiger partial charge in [0.25, 0.3) is 0 Å². The molecule has 1 heterocycles. The third-order valence-electron chi connectivity index (χ3n) is 2.81. The fourth-order valence-electron chi connectivity index (χ4n) is 1.90. The van der Waals surface area contributed by atoms with E-state index < -0.39 is 5.78 Å². The lowest BCUT2D eigenvalue weighted by molar-refractivity contribution is -0.115. The fourth-order valence-corrected chi connectivity index (χ4v) is 1.90. The monoisotopic (exact) mass is 248 g/mol. The first-order valence-electron chi connectivity index (χ1n) is 5.97. The van der Waals surface area contributed by atoms with Crippen LogP contribution in [0.5, 0.6) is 11.5 Å². The lowest BCUT2D eigenvalue weighted by Gasteiger charge is -2.07. The van der Waals surface area contributed by atoms with E-state index in [-0.39, 0.29) is 24.9 Å². The van der Waals surface area contributed by atoms with Gasteiger partial charge in [-0.3, -0.25) is 9.59 Å². The Hall–Kier alpha value is -1.84. The van der Waals surface area contributed by atoms with Crippen molar-refractivity contribution in [2.24, 2.45) is 5.92 Å². The number of hydrogen-bond acceptors (Lipinski definition) is 4. The molecule has 0 aliphatic carbocycles. The quantitative estimate of drug-likeness (QED) is 0.607. The Morgan fingerprint density at radius 3 is 2.44 bits per heavy atom. The molecule has 0 bridgehead atoms. The van der Waals surface area contributed by atoms with E-state index in [1.54, 1.807) is 19.1 Å². The number of carbonyl (C=O) groups is 2. The summed E-state index contributed by atoms with van der Waals surface area (Å²) in [6, 6.07) is 3.33. The third-order valence-corrected chi connectivity index (χ3v) is 2.81. The molecule has 1 aromatic carbocycles. The van der Waals surface area contributed by atoms with Crippen LogP contribution in [0, 0.1) is 12.8 Å². The van der Waals surface area contributed by atoms with E-state index in [4.69, 9.17) is 9.47 Å². The van der Waals surface area contributed by atoms with Crippen LogP contribution < -0.4 is 9.47 Å². The highest BCUT2D eigenvalue weighted by molar-refractivity contribution is 6.44. The molecule has 0 saturated heterocycles. The van der Waals surface area contributed by atoms with Gasteiger partial charge in [0.2, 0.25) is 18.4 Å². The molecule has 1 aliphatic rings. The molecule has 0 spiro atoms. The highest BCUT2D eigenvalue weighted by Gasteiger charge is 2.23. The zero-order valence-electron chi connectivity index (χ0n) is 10.8. The molecular formula is C14H16O4. The molecular weight excluding hydrogens is 232 g/mol. The SMILES string of the molecule is Cc1cc2c(cc1C(=O)C(=O)CC(C)C)OCO2. The lowest BCUT2D eigenvalue weighted by atomic mass is 9.96. The van der Waals surface area contributed by atoms with E-state index in [0.717, 1.165) is 5.56 Å². The Morgan fingerprint density at radius 1 is 1.22 bits per heavy atom. The number of rotatable bonds is 4. The summed E-state index contributed by atoms with van der Waals surface area (Å²) in [6.07, 6.45) is 0.271. The molecule has 0 amide bonds. The predicted molar refractivity (Wildman–Crippen MR) is 66.1 cm³/mol. The second-order valence-electron chi connectivity index (χ2n) is 4.87. The molecule has 0 atom stereocenters. The maximum absolute atomic E-state index is 12.1. The van der Waals surface area contributed by atoms with E-state index >= 15 is 0 Å². The van der Waals surface area contributed by atoms with Crippen LogP contribution in [-0.4, -0.2) is 18.4 Å². The maximum atomic E-state index is 12.1. The van der Waals surface area contributed by atoms with Crippen LogP contribution in [0.4, 0.5) is 0 Å². The number of benzene rings is 1. The van der Waals surface area contributed by atoms with Crippen molar-refractivity contribution in [1.29, 1.82) is 0 Å². The Balaban J connectivity index is 2.28. The highest BCUT2D eigenvalue weighted by Crippen LogP contribution is 2.34. The Morgan fingerprint density at radius 2 is 1.83 bits per heavy atom. The van der Waals surface area contributed by atoms with Crippen molar-refractivity contribution in [2.75, 3.05) is 6.79 Å². The van der Waals surface area contributed by atoms with Crippen molar-refractivity contribution in [1.82, 2.24) is 0 Å². The molecule has 0 N–H and O–H groups in total. The summed E-state index contributed by atoms with van der Waals surface area (Å²) >= 11 is 0. The normalized spacial score (nSPS) is 12.9. The van der Waals surface area contributed by atoms with Crippen LogP contribution in [0.1, 0.15) is 36.2 Å². The first-order valence-corrected chi connectivity index (χ1v) is 5.97. The highest BCUT2D eigenvalue weighted by atomic mass is 16.7. The minimum atomic E-state index is -0.445. The van der Waals surface area contributed by atoms with E-state index in [9.17, 15) is 9.59 Å². The van der Waals surface area contributed by atoms with Crippen LogP contribution in [0.3, 0.4) is 0 Å². The molecule has 96 valence electrons. The van der Waals surface area contributed by atoms with Gasteiger partial charge in [0.1, 0.15) is 0 Å². The molecule has 0 unspecified atom stereocenters. The van der Waals surface area contributed by atoms with Gasteiger partial charge in [0, 0.05) is 12.0 Å². The summed E-state index contributed by atoms with van der Waals surface area (Å²) in [6.45, 7) is 5.78. The minimum Gasteiger partial charge on any atom is -0.454 e. The smallest absolute Gasteiger partial charge is 0.231 e. The number of aryl methyl sites for hydroxylation is 1. The Bertz CT molecular complexity index is 503. The molecule has 2 rings (SSSR count). The molecule has 18 heavy (non-hydrogen) atoms. The van der Waals surface area contributed by atoms with Crippen molar-refractivity contribution < 1.29 is 19.1 Å². The van der Waals surface area contributed by atoms with Crippen LogP contribution >= 0.6 is 0 Å². The second kappa shape index (κ2) is 4.80. The fraction of sp³-hybridized carbons (Fsp3) is 0.429. The van der Waals surface area contributed by atoms with Crippen LogP contribution in [-0.2, 0) is 4.79 Å². The summed E-state index contributed by atoms with van der Waals surface area (Å²) < 4.78 is 10.4. The van der Waals surface area contributed by atoms with Gasteiger partial charge < -0.3 is 9.47 Å². The Labute approximate surface area is 106 Å². The summed E-state index contributed by atoms with van der Waals surface area (Å²) in [7, 11) is 0. The molecule has 0 aromatic heterocycles. The van der Waals surface area contributed by atoms with Crippen molar-refractivity contribution in [3.63, 3.8) is 0 Å². The lowest BCUT2D eigenvalue weighted by Crippen LogP contribution is -2.17. The molecule has 4 heteroatoms. The number of fused-ring (bicyclic) bond motifs is 1. The molecule has 1 aliphatic heterocycles. The van der Waals surface area contributed by atoms with Gasteiger partial charge in [-0.25, -0.2) is 0 Å². The summed E-state index contributed by atoms with van der Waals surface area (Å²) in [5.74, 6) is 0.531. The molecule has 0 radical (unpaired) electrons. The largest absolute Gasteiger partial charge is 0.454 e. The van der Waals surface area contributed by atoms with E-state index in [1.165, 1.54) is 0 Å². The Kier molecular flexibility index (Phi) is 3.36. The van der Waals surface area contributed by atoms with Gasteiger partial charge in [-0.15, -0.1) is 0 Å². The number of hydrogen-bond donors (Lipinski definition) is 0. The first kappa shape index (κ1) is 12.6. The van der Waals surface area contributed by atoms with Gasteiger partial charge in [-0.1, -0.05) is 13.8 Å². The average molecular weight is 248 g/mol. The molecule has 1 aromatic rings. The standard InChI is InChI=1S/C14H16O4/c1-8(2)4-11(15)14(16)10-6-13-12(5-9(10)3)17-7-18-13/h5-6,8H,4,7H2,1-3H3. The van der Waals surface area contributed by atoms with E-state index in [1.807, 2.05) is 13.8 Å². The third kappa shape index (κ3) is 2.37. The minimum absolute atomic E-state index is 0.159. The van der Waals surface area contributed by atoms with Crippen molar-refractivity contribution in [3.8, 4) is 11.5 Å². The van der Waals surface area contributed by atoms with Crippen molar-refractivity contribution in [3.05, 3.63) is 23.3 Å². The second-order valence-corrected chi connectivity index (χ2v) is 4.87. The van der Waals surface area contributed by atoms with E-state index in [2.05, 4.69) is 0 Å². The summed E-state index contributed by atoms with van der Waals surface area (Å²) in [4.78, 5) is 23.8. The van der Waals surface area contributed by atoms with Crippen LogP contribution in [0.2, 0.25) is 0 Å². The number of Topliss-reactive ketones (excluding diaryl/α,β-unsaturated/α-hetero) is 2. The number of carbonyl (C=O) groups excluding carboxylic acids is 2. The van der Waals surface area contributed by atoms with Gasteiger partial charge in [-0.05, 0) is 30.5 Å². The van der Waals surface area contributed by atoms with Gasteiger partial charge in [0.05, 0.1) is 0 Å². The summed E-state index contributed by atoms with van der Waals surface area (Å²) in [5, 5.41) is 0. The zero-order chi connectivity index (χ0) is 13.3. The van der Waals surface area contributed by atoms with Crippen molar-refractivity contribution >= 4 is 11.6 Å². The van der Waals surface area contributed by atoms with Gasteiger partial charge >= 0.3 is 0 Å². The van der Waals surface area contributed by atoms with Gasteiger partial charge in [-0.2, -0.15) is 0 Å². The maximum Gasteiger partial charge on any atom is 0.231 e. The number of ketones is 2. The predicted octanol–water partition coefficient (Wildman–Crippen LogP) is 2.52. The van der Waals surface area contributed by atoms with Crippen LogP contribution in [0.15, 0.2) is 12.1 Å². The van der Waals surface area contributed by atoms with E-state index in [0.29, 0.717) is 17.1 Å². The van der Waals surface area contributed by atoms with Crippen molar-refractivity contribution in [2.45, 2.75) is 27.2 Å². The average Bonchev–Trinajstić information content (AvgIpc) is 2.72. The zero-order valence-corrected chi connectivity index (χ0v) is 10.8. The molecule has 0 fully saturated rings. The topological polar surface area (TPSA) is 52.6 Å². The number of ether oxygens (including phenoxy) is 2. The summed E-state index contributed by atoms with van der Waals surface area (Å²) in [5.41, 5.74) is 1.14. The van der Waals surface area contributed by atoms with Gasteiger partial charge in [0.15, 0.2) is 11.5 Å². The van der Waals surface area contributed by atoms with Crippen LogP contribution in [0.25, 0.3) is 0 Å².